The van der Waals surface area contributed by atoms with Crippen molar-refractivity contribution in [2.45, 2.75) is 13.1 Å². The van der Waals surface area contributed by atoms with Crippen LogP contribution in [0.3, 0.4) is 0 Å². The molecule has 134 valence electrons. The monoisotopic (exact) mass is 359 g/mol. The predicted octanol–water partition coefficient (Wildman–Crippen LogP) is 3.36. The van der Waals surface area contributed by atoms with Gasteiger partial charge in [-0.1, -0.05) is 42.5 Å². The largest absolute Gasteiger partial charge is 0.472 e. The average molecular weight is 359 g/mol. The molecule has 0 atom stereocenters. The highest BCUT2D eigenvalue weighted by molar-refractivity contribution is 5.93. The van der Waals surface area contributed by atoms with E-state index in [4.69, 9.17) is 4.42 Å². The van der Waals surface area contributed by atoms with Gasteiger partial charge < -0.3 is 14.3 Å². The third kappa shape index (κ3) is 3.64. The zero-order valence-corrected chi connectivity index (χ0v) is 14.5. The SMILES string of the molecule is O=C(c1ccoc1)N(Cc1ccccc1)Cc1nc2ccccc2c(=O)[nH]1. The summed E-state index contributed by atoms with van der Waals surface area (Å²) in [6.45, 7) is 0.570. The van der Waals surface area contributed by atoms with Gasteiger partial charge in [-0.2, -0.15) is 0 Å². The maximum Gasteiger partial charge on any atom is 0.258 e. The number of carbonyl (C=O) groups excluding carboxylic acids is 1. The molecule has 2 aromatic carbocycles. The molecule has 0 spiro atoms. The van der Waals surface area contributed by atoms with E-state index in [-0.39, 0.29) is 18.0 Å². The molecule has 6 heteroatoms. The molecule has 4 aromatic rings. The molecule has 0 radical (unpaired) electrons. The Kier molecular flexibility index (Phi) is 4.53. The number of benzene rings is 2. The Morgan fingerprint density at radius 1 is 1.00 bits per heavy atom. The number of nitrogens with one attached hydrogen (secondary N) is 1. The Hall–Kier alpha value is -3.67. The number of carbonyl (C=O) groups is 1. The van der Waals surface area contributed by atoms with Gasteiger partial charge in [0.2, 0.25) is 0 Å². The summed E-state index contributed by atoms with van der Waals surface area (Å²) in [6, 6.07) is 18.4. The van der Waals surface area contributed by atoms with Crippen LogP contribution in [0.15, 0.2) is 82.4 Å². The van der Waals surface area contributed by atoms with Gasteiger partial charge in [-0.25, -0.2) is 4.98 Å². The van der Waals surface area contributed by atoms with Gasteiger partial charge in [0.1, 0.15) is 12.1 Å². The molecule has 0 saturated carbocycles. The lowest BCUT2D eigenvalue weighted by atomic mass is 10.2. The first-order chi connectivity index (χ1) is 13.2. The fraction of sp³-hybridized carbons (Fsp3) is 0.0952. The maximum absolute atomic E-state index is 12.9. The number of hydrogen-bond donors (Lipinski definition) is 1. The van der Waals surface area contributed by atoms with E-state index in [1.54, 1.807) is 29.2 Å². The Labute approximate surface area is 155 Å². The number of fused-ring (bicyclic) bond motifs is 1. The zero-order valence-electron chi connectivity index (χ0n) is 14.5. The van der Waals surface area contributed by atoms with Crippen LogP contribution in [0.2, 0.25) is 0 Å². The number of rotatable bonds is 5. The van der Waals surface area contributed by atoms with Crippen molar-refractivity contribution in [1.29, 1.82) is 0 Å². The smallest absolute Gasteiger partial charge is 0.258 e. The van der Waals surface area contributed by atoms with Gasteiger partial charge in [0.05, 0.1) is 29.3 Å². The number of H-pyrrole nitrogens is 1. The molecule has 2 heterocycles. The van der Waals surface area contributed by atoms with Crippen LogP contribution in [0.25, 0.3) is 10.9 Å². The van der Waals surface area contributed by atoms with Crippen LogP contribution in [0.4, 0.5) is 0 Å². The summed E-state index contributed by atoms with van der Waals surface area (Å²) in [6.07, 6.45) is 2.88. The summed E-state index contributed by atoms with van der Waals surface area (Å²) in [5, 5.41) is 0.525. The van der Waals surface area contributed by atoms with Crippen LogP contribution in [-0.2, 0) is 13.1 Å². The molecular formula is C21H17N3O3. The van der Waals surface area contributed by atoms with Crippen molar-refractivity contribution in [3.8, 4) is 0 Å². The van der Waals surface area contributed by atoms with Crippen molar-refractivity contribution in [2.24, 2.45) is 0 Å². The number of aromatic nitrogens is 2. The number of nitrogens with zero attached hydrogens (tertiary/aromatic N) is 2. The Balaban J connectivity index is 1.68. The molecule has 0 saturated heterocycles. The Morgan fingerprint density at radius 3 is 2.56 bits per heavy atom. The first-order valence-corrected chi connectivity index (χ1v) is 8.54. The number of amides is 1. The summed E-state index contributed by atoms with van der Waals surface area (Å²) in [7, 11) is 0. The summed E-state index contributed by atoms with van der Waals surface area (Å²) in [5.41, 5.74) is 1.82. The minimum atomic E-state index is -0.217. The molecule has 1 N–H and O–H groups in total. The second-order valence-corrected chi connectivity index (χ2v) is 6.19. The number of aromatic amines is 1. The van der Waals surface area contributed by atoms with Crippen LogP contribution in [-0.4, -0.2) is 20.8 Å². The van der Waals surface area contributed by atoms with Crippen molar-refractivity contribution in [2.75, 3.05) is 0 Å². The molecular weight excluding hydrogens is 342 g/mol. The van der Waals surface area contributed by atoms with E-state index in [0.717, 1.165) is 5.56 Å². The Bertz CT molecular complexity index is 1120. The maximum atomic E-state index is 12.9. The molecule has 4 rings (SSSR count). The zero-order chi connectivity index (χ0) is 18.6. The quantitative estimate of drug-likeness (QED) is 0.593. The van der Waals surface area contributed by atoms with Crippen LogP contribution in [0.5, 0.6) is 0 Å². The number of furan rings is 1. The van der Waals surface area contributed by atoms with E-state index in [1.165, 1.54) is 12.5 Å². The minimum Gasteiger partial charge on any atom is -0.472 e. The van der Waals surface area contributed by atoms with Crippen LogP contribution >= 0.6 is 0 Å². The predicted molar refractivity (Wildman–Crippen MR) is 101 cm³/mol. The number of hydrogen-bond acceptors (Lipinski definition) is 4. The van der Waals surface area contributed by atoms with Crippen molar-refractivity contribution >= 4 is 16.8 Å². The second kappa shape index (κ2) is 7.29. The van der Waals surface area contributed by atoms with E-state index in [2.05, 4.69) is 9.97 Å². The third-order valence-corrected chi connectivity index (χ3v) is 4.27. The van der Waals surface area contributed by atoms with Crippen LogP contribution in [0, 0.1) is 0 Å². The van der Waals surface area contributed by atoms with E-state index in [0.29, 0.717) is 28.8 Å². The summed E-state index contributed by atoms with van der Waals surface area (Å²) in [5.74, 6) is 0.245. The van der Waals surface area contributed by atoms with Gasteiger partial charge in [-0.05, 0) is 23.8 Å². The summed E-state index contributed by atoms with van der Waals surface area (Å²) >= 11 is 0. The number of para-hydroxylation sites is 1. The van der Waals surface area contributed by atoms with Crippen LogP contribution in [0.1, 0.15) is 21.7 Å². The highest BCUT2D eigenvalue weighted by Crippen LogP contribution is 2.14. The van der Waals surface area contributed by atoms with Gasteiger partial charge in [-0.15, -0.1) is 0 Å². The molecule has 0 bridgehead atoms. The van der Waals surface area contributed by atoms with Gasteiger partial charge >= 0.3 is 0 Å². The fourth-order valence-corrected chi connectivity index (χ4v) is 2.96. The summed E-state index contributed by atoms with van der Waals surface area (Å²) < 4.78 is 5.04. The van der Waals surface area contributed by atoms with E-state index in [1.807, 2.05) is 36.4 Å². The van der Waals surface area contributed by atoms with Crippen molar-refractivity contribution in [3.05, 3.63) is 100 Å². The van der Waals surface area contributed by atoms with Gasteiger partial charge in [0.25, 0.3) is 11.5 Å². The van der Waals surface area contributed by atoms with E-state index < -0.39 is 0 Å². The molecule has 1 amide bonds. The minimum absolute atomic E-state index is 0.180. The first kappa shape index (κ1) is 16.8. The molecule has 6 nitrogen and oxygen atoms in total. The molecule has 27 heavy (non-hydrogen) atoms. The van der Waals surface area contributed by atoms with E-state index >= 15 is 0 Å². The summed E-state index contributed by atoms with van der Waals surface area (Å²) in [4.78, 5) is 34.2. The first-order valence-electron chi connectivity index (χ1n) is 8.54. The highest BCUT2D eigenvalue weighted by atomic mass is 16.3. The molecule has 2 aromatic heterocycles. The lowest BCUT2D eigenvalue weighted by Crippen LogP contribution is -2.31. The van der Waals surface area contributed by atoms with Gasteiger partial charge in [0.15, 0.2) is 0 Å². The Morgan fingerprint density at radius 2 is 1.78 bits per heavy atom. The van der Waals surface area contributed by atoms with Gasteiger partial charge in [0, 0.05) is 6.54 Å². The molecule has 0 aliphatic rings. The second-order valence-electron chi connectivity index (χ2n) is 6.19. The molecule has 0 unspecified atom stereocenters. The highest BCUT2D eigenvalue weighted by Gasteiger charge is 2.19. The standard InChI is InChI=1S/C21H17N3O3/c25-20-17-8-4-5-9-18(17)22-19(23-20)13-24(12-15-6-2-1-3-7-15)21(26)16-10-11-27-14-16/h1-11,14H,12-13H2,(H,22,23,25). The third-order valence-electron chi connectivity index (χ3n) is 4.27. The normalized spacial score (nSPS) is 10.8. The molecule has 0 fully saturated rings. The fourth-order valence-electron chi connectivity index (χ4n) is 2.96. The average Bonchev–Trinajstić information content (AvgIpc) is 3.23. The topological polar surface area (TPSA) is 79.2 Å². The van der Waals surface area contributed by atoms with E-state index in [9.17, 15) is 9.59 Å². The lowest BCUT2D eigenvalue weighted by molar-refractivity contribution is 0.0724. The van der Waals surface area contributed by atoms with Crippen molar-refractivity contribution < 1.29 is 9.21 Å². The van der Waals surface area contributed by atoms with Crippen molar-refractivity contribution in [3.63, 3.8) is 0 Å². The molecule has 0 aliphatic carbocycles. The van der Waals surface area contributed by atoms with Crippen LogP contribution < -0.4 is 5.56 Å². The lowest BCUT2D eigenvalue weighted by Gasteiger charge is -2.22. The molecule has 0 aliphatic heterocycles. The van der Waals surface area contributed by atoms with Crippen molar-refractivity contribution in [1.82, 2.24) is 14.9 Å². The van der Waals surface area contributed by atoms with Gasteiger partial charge in [-0.3, -0.25) is 9.59 Å².